The largest absolute Gasteiger partial charge is 0.507 e. The SMILES string of the molecule is [B]c1cnn2c(NCC3CCN(S(=O)(=O)c4ccc(C#N)cc4)CC3)cc(-c3ccccc3O)nc12. The highest BCUT2D eigenvalue weighted by Gasteiger charge is 2.29. The second kappa shape index (κ2) is 9.64. The number of fused-ring (bicyclic) bond motifs is 1. The monoisotopic (exact) mass is 498 g/mol. The van der Waals surface area contributed by atoms with E-state index in [0.29, 0.717) is 66.2 Å². The number of aromatic nitrogens is 3. The van der Waals surface area contributed by atoms with Crippen molar-refractivity contribution in [2.75, 3.05) is 25.0 Å². The van der Waals surface area contributed by atoms with Gasteiger partial charge in [-0.3, -0.25) is 0 Å². The van der Waals surface area contributed by atoms with Crippen LogP contribution < -0.4 is 10.8 Å². The molecule has 0 unspecified atom stereocenters. The third-order valence-corrected chi connectivity index (χ3v) is 8.36. The van der Waals surface area contributed by atoms with Crippen LogP contribution >= 0.6 is 0 Å². The molecule has 2 radical (unpaired) electrons. The second-order valence-electron chi connectivity index (χ2n) is 8.74. The highest BCUT2D eigenvalue weighted by Crippen LogP contribution is 2.30. The summed E-state index contributed by atoms with van der Waals surface area (Å²) in [5, 5.41) is 27.0. The molecule has 0 saturated carbocycles. The lowest BCUT2D eigenvalue weighted by molar-refractivity contribution is 0.282. The van der Waals surface area contributed by atoms with Gasteiger partial charge >= 0.3 is 0 Å². The molecule has 36 heavy (non-hydrogen) atoms. The third-order valence-electron chi connectivity index (χ3n) is 6.45. The maximum absolute atomic E-state index is 13.0. The molecule has 9 nitrogen and oxygen atoms in total. The van der Waals surface area contributed by atoms with Crippen molar-refractivity contribution in [1.82, 2.24) is 18.9 Å². The average molecular weight is 498 g/mol. The Balaban J connectivity index is 1.29. The Kier molecular flexibility index (Phi) is 6.39. The first-order valence-electron chi connectivity index (χ1n) is 11.5. The Bertz CT molecular complexity index is 1560. The van der Waals surface area contributed by atoms with Crippen LogP contribution in [0.5, 0.6) is 5.75 Å². The smallest absolute Gasteiger partial charge is 0.243 e. The molecule has 3 heterocycles. The van der Waals surface area contributed by atoms with Crippen molar-refractivity contribution in [3.05, 3.63) is 66.4 Å². The number of rotatable bonds is 6. The molecule has 1 aliphatic heterocycles. The highest BCUT2D eigenvalue weighted by atomic mass is 32.2. The van der Waals surface area contributed by atoms with E-state index < -0.39 is 10.0 Å². The molecular formula is C25H23BN6O3S. The fraction of sp³-hybridized carbons (Fsp3) is 0.240. The summed E-state index contributed by atoms with van der Waals surface area (Å²) >= 11 is 0. The molecule has 1 saturated heterocycles. The van der Waals surface area contributed by atoms with E-state index in [1.54, 1.807) is 22.7 Å². The van der Waals surface area contributed by atoms with Gasteiger partial charge in [0.25, 0.3) is 0 Å². The summed E-state index contributed by atoms with van der Waals surface area (Å²) < 4.78 is 29.1. The number of sulfonamides is 1. The van der Waals surface area contributed by atoms with Gasteiger partial charge in [-0.2, -0.15) is 19.2 Å². The molecule has 2 N–H and O–H groups in total. The summed E-state index contributed by atoms with van der Waals surface area (Å²) in [6, 6.07) is 16.8. The van der Waals surface area contributed by atoms with Crippen LogP contribution in [0.3, 0.4) is 0 Å². The van der Waals surface area contributed by atoms with Gasteiger partial charge in [0.15, 0.2) is 5.65 Å². The van der Waals surface area contributed by atoms with Crippen LogP contribution in [0.25, 0.3) is 16.9 Å². The Morgan fingerprint density at radius 3 is 2.56 bits per heavy atom. The number of anilines is 1. The zero-order chi connectivity index (χ0) is 25.3. The normalized spacial score (nSPS) is 15.1. The van der Waals surface area contributed by atoms with Crippen molar-refractivity contribution in [1.29, 1.82) is 5.26 Å². The van der Waals surface area contributed by atoms with E-state index in [-0.39, 0.29) is 16.6 Å². The fourth-order valence-electron chi connectivity index (χ4n) is 4.39. The van der Waals surface area contributed by atoms with E-state index in [2.05, 4.69) is 15.4 Å². The number of phenolic OH excluding ortho intramolecular Hbond substituents is 1. The predicted molar refractivity (Wildman–Crippen MR) is 137 cm³/mol. The number of para-hydroxylation sites is 1. The lowest BCUT2D eigenvalue weighted by Crippen LogP contribution is -2.39. The zero-order valence-electron chi connectivity index (χ0n) is 19.4. The molecule has 11 heteroatoms. The summed E-state index contributed by atoms with van der Waals surface area (Å²) in [5.74, 6) is 1.05. The van der Waals surface area contributed by atoms with Crippen LogP contribution in [-0.2, 0) is 10.0 Å². The fourth-order valence-corrected chi connectivity index (χ4v) is 5.86. The second-order valence-corrected chi connectivity index (χ2v) is 10.7. The number of benzene rings is 2. The van der Waals surface area contributed by atoms with Crippen LogP contribution in [-0.4, -0.2) is 59.9 Å². The Labute approximate surface area is 210 Å². The lowest BCUT2D eigenvalue weighted by Gasteiger charge is -2.31. The summed E-state index contributed by atoms with van der Waals surface area (Å²) in [6.07, 6.45) is 2.93. The molecule has 180 valence electrons. The minimum absolute atomic E-state index is 0.120. The standard InChI is InChI=1S/C25H23BN6O3S/c26-21-16-29-32-24(13-22(30-25(21)32)20-3-1-2-4-23(20)33)28-15-18-9-11-31(12-10-18)36(34,35)19-7-5-17(14-27)6-8-19/h1-8,13,16,18,28,33H,9-12,15H2. The van der Waals surface area contributed by atoms with Crippen molar-refractivity contribution >= 4 is 34.8 Å². The number of piperidine rings is 1. The molecule has 0 spiro atoms. The first-order valence-corrected chi connectivity index (χ1v) is 13.0. The lowest BCUT2D eigenvalue weighted by atomic mass is 9.98. The average Bonchev–Trinajstić information content (AvgIpc) is 3.28. The first kappa shape index (κ1) is 23.8. The molecule has 1 aliphatic rings. The minimum Gasteiger partial charge on any atom is -0.507 e. The summed E-state index contributed by atoms with van der Waals surface area (Å²) in [5.41, 5.74) is 2.50. The molecule has 4 aromatic rings. The van der Waals surface area contributed by atoms with Gasteiger partial charge < -0.3 is 10.4 Å². The minimum atomic E-state index is -3.60. The van der Waals surface area contributed by atoms with Crippen molar-refractivity contribution in [2.24, 2.45) is 5.92 Å². The predicted octanol–water partition coefficient (Wildman–Crippen LogP) is 2.28. The van der Waals surface area contributed by atoms with Gasteiger partial charge in [0.1, 0.15) is 19.4 Å². The molecule has 0 bridgehead atoms. The Morgan fingerprint density at radius 1 is 1.14 bits per heavy atom. The summed E-state index contributed by atoms with van der Waals surface area (Å²) in [7, 11) is 2.47. The Hall–Kier alpha value is -3.88. The van der Waals surface area contributed by atoms with E-state index in [0.717, 1.165) is 0 Å². The first-order chi connectivity index (χ1) is 17.4. The zero-order valence-corrected chi connectivity index (χ0v) is 20.2. The summed E-state index contributed by atoms with van der Waals surface area (Å²) in [6.45, 7) is 1.44. The quantitative estimate of drug-likeness (QED) is 0.391. The van der Waals surface area contributed by atoms with Crippen molar-refractivity contribution in [3.63, 3.8) is 0 Å². The van der Waals surface area contributed by atoms with Gasteiger partial charge in [0, 0.05) is 37.5 Å². The number of phenols is 1. The van der Waals surface area contributed by atoms with Crippen LogP contribution in [0.15, 0.2) is 65.7 Å². The van der Waals surface area contributed by atoms with Gasteiger partial charge in [-0.1, -0.05) is 12.1 Å². The van der Waals surface area contributed by atoms with Crippen LogP contribution in [0.2, 0.25) is 0 Å². The van der Waals surface area contributed by atoms with Gasteiger partial charge in [-0.05, 0) is 60.6 Å². The molecule has 0 atom stereocenters. The van der Waals surface area contributed by atoms with E-state index in [1.165, 1.54) is 34.8 Å². The number of hydrogen-bond donors (Lipinski definition) is 2. The number of hydrogen-bond acceptors (Lipinski definition) is 7. The van der Waals surface area contributed by atoms with E-state index >= 15 is 0 Å². The van der Waals surface area contributed by atoms with E-state index in [4.69, 9.17) is 13.1 Å². The molecule has 2 aromatic carbocycles. The molecule has 2 aromatic heterocycles. The number of nitrogens with one attached hydrogen (secondary N) is 1. The topological polar surface area (TPSA) is 124 Å². The molecule has 1 fully saturated rings. The summed E-state index contributed by atoms with van der Waals surface area (Å²) in [4.78, 5) is 4.78. The van der Waals surface area contributed by atoms with Crippen LogP contribution in [0.1, 0.15) is 18.4 Å². The van der Waals surface area contributed by atoms with Crippen molar-refractivity contribution in [3.8, 4) is 23.1 Å². The molecule has 0 amide bonds. The Morgan fingerprint density at radius 2 is 1.86 bits per heavy atom. The highest BCUT2D eigenvalue weighted by molar-refractivity contribution is 7.89. The maximum atomic E-state index is 13.0. The number of nitrogens with zero attached hydrogens (tertiary/aromatic N) is 5. The third kappa shape index (κ3) is 4.53. The van der Waals surface area contributed by atoms with Crippen molar-refractivity contribution < 1.29 is 13.5 Å². The van der Waals surface area contributed by atoms with E-state index in [1.807, 2.05) is 18.2 Å². The van der Waals surface area contributed by atoms with Crippen LogP contribution in [0, 0.1) is 17.2 Å². The van der Waals surface area contributed by atoms with Crippen LogP contribution in [0.4, 0.5) is 5.82 Å². The van der Waals surface area contributed by atoms with Crippen molar-refractivity contribution in [2.45, 2.75) is 17.7 Å². The number of aromatic hydroxyl groups is 1. The number of nitriles is 1. The van der Waals surface area contributed by atoms with E-state index in [9.17, 15) is 13.5 Å². The van der Waals surface area contributed by atoms with Gasteiger partial charge in [-0.15, -0.1) is 0 Å². The maximum Gasteiger partial charge on any atom is 0.243 e. The van der Waals surface area contributed by atoms with Gasteiger partial charge in [0.2, 0.25) is 10.0 Å². The molecule has 0 aliphatic carbocycles. The van der Waals surface area contributed by atoms with Gasteiger partial charge in [0.05, 0.1) is 22.2 Å². The molecule has 5 rings (SSSR count). The van der Waals surface area contributed by atoms with Gasteiger partial charge in [-0.25, -0.2) is 13.4 Å². The molecular weight excluding hydrogens is 475 g/mol.